The van der Waals surface area contributed by atoms with Crippen LogP contribution in [0.4, 0.5) is 17.1 Å². The predicted octanol–water partition coefficient (Wildman–Crippen LogP) is 10.2. The van der Waals surface area contributed by atoms with Gasteiger partial charge in [-0.25, -0.2) is 0 Å². The van der Waals surface area contributed by atoms with Gasteiger partial charge < -0.3 is 20.9 Å². The van der Waals surface area contributed by atoms with Gasteiger partial charge in [-0.1, -0.05) is 109 Å². The summed E-state index contributed by atoms with van der Waals surface area (Å²) in [6, 6.07) is 43.6. The Hall–Kier alpha value is -6.00. The Morgan fingerprint density at radius 1 is 0.667 bits per heavy atom. The maximum atomic E-state index is 6.60. The van der Waals surface area contributed by atoms with Gasteiger partial charge in [-0.2, -0.15) is 0 Å². The highest BCUT2D eigenvalue weighted by Crippen LogP contribution is 2.52. The van der Waals surface area contributed by atoms with Crippen molar-refractivity contribution in [2.24, 2.45) is 0 Å². The van der Waals surface area contributed by atoms with Crippen LogP contribution in [-0.4, -0.2) is 10.6 Å². The first-order chi connectivity index (χ1) is 23.7. The second-order valence-electron chi connectivity index (χ2n) is 13.2. The van der Waals surface area contributed by atoms with E-state index in [2.05, 4.69) is 149 Å². The van der Waals surface area contributed by atoms with Crippen LogP contribution in [0.1, 0.15) is 24.1 Å². The molecule has 0 bridgehead atoms. The number of anilines is 3. The van der Waals surface area contributed by atoms with Crippen LogP contribution in [0.5, 0.6) is 0 Å². The molecule has 0 radical (unpaired) electrons. The normalized spacial score (nSPS) is 16.8. The van der Waals surface area contributed by atoms with E-state index in [1.165, 1.54) is 66.2 Å². The Morgan fingerprint density at radius 3 is 2.08 bits per heavy atom. The summed E-state index contributed by atoms with van der Waals surface area (Å²) in [6.07, 6.45) is 10.1. The minimum Gasteiger partial charge on any atom is -0.397 e. The van der Waals surface area contributed by atoms with Crippen LogP contribution >= 0.6 is 0 Å². The molecular weight excluding hydrogens is 585 g/mol. The Kier molecular flexibility index (Phi) is 5.80. The van der Waals surface area contributed by atoms with Crippen molar-refractivity contribution in [2.45, 2.75) is 25.3 Å². The Balaban J connectivity index is 1.30. The number of aromatic nitrogens is 1. The molecule has 6 aromatic carbocycles. The van der Waals surface area contributed by atoms with Gasteiger partial charge >= 0.3 is 0 Å². The SMILES string of the molecule is Nc1cc(-c2ccccc2)c(N2C3=C(C=CCC3)C3=Cc4c(n(-c5ccccc5)c5c6ccccc6c6ccccc6c45)CC32)cc1N. The fourth-order valence-electron chi connectivity index (χ4n) is 8.61. The zero-order valence-electron chi connectivity index (χ0n) is 26.5. The molecule has 1 atom stereocenters. The molecule has 0 amide bonds. The highest BCUT2D eigenvalue weighted by molar-refractivity contribution is 6.27. The minimum atomic E-state index is 0.111. The largest absolute Gasteiger partial charge is 0.397 e. The van der Waals surface area contributed by atoms with Crippen LogP contribution in [0.25, 0.3) is 55.3 Å². The van der Waals surface area contributed by atoms with E-state index in [4.69, 9.17) is 11.5 Å². The maximum Gasteiger partial charge on any atom is 0.0650 e. The Morgan fingerprint density at radius 2 is 1.31 bits per heavy atom. The van der Waals surface area contributed by atoms with Gasteiger partial charge in [-0.15, -0.1) is 0 Å². The summed E-state index contributed by atoms with van der Waals surface area (Å²) in [5.74, 6) is 0. The molecule has 0 saturated carbocycles. The van der Waals surface area contributed by atoms with Gasteiger partial charge in [0, 0.05) is 45.4 Å². The zero-order valence-corrected chi connectivity index (χ0v) is 26.5. The summed E-state index contributed by atoms with van der Waals surface area (Å²) >= 11 is 0. The van der Waals surface area contributed by atoms with Crippen molar-refractivity contribution in [3.8, 4) is 16.8 Å². The third kappa shape index (κ3) is 3.77. The van der Waals surface area contributed by atoms with E-state index in [1.807, 2.05) is 0 Å². The maximum absolute atomic E-state index is 6.60. The number of allylic oxidation sites excluding steroid dienone is 3. The first kappa shape index (κ1) is 27.1. The molecule has 0 spiro atoms. The third-order valence-electron chi connectivity index (χ3n) is 10.6. The van der Waals surface area contributed by atoms with Gasteiger partial charge in [-0.3, -0.25) is 0 Å². The Bertz CT molecular complexity index is 2550. The molecule has 2 aliphatic carbocycles. The van der Waals surface area contributed by atoms with Crippen molar-refractivity contribution in [1.82, 2.24) is 4.57 Å². The Labute approximate surface area is 279 Å². The highest BCUT2D eigenvalue weighted by atomic mass is 15.2. The molecular formula is C44H34N4. The van der Waals surface area contributed by atoms with E-state index < -0.39 is 0 Å². The molecule has 48 heavy (non-hydrogen) atoms. The number of nitrogens with two attached hydrogens (primary N) is 2. The molecule has 0 saturated heterocycles. The number of nitrogen functional groups attached to an aromatic ring is 2. The quantitative estimate of drug-likeness (QED) is 0.153. The van der Waals surface area contributed by atoms with Crippen molar-refractivity contribution in [3.05, 3.63) is 162 Å². The molecule has 4 nitrogen and oxygen atoms in total. The summed E-state index contributed by atoms with van der Waals surface area (Å²) in [5.41, 5.74) is 26.9. The number of benzene rings is 6. The molecule has 2 heterocycles. The number of fused-ring (bicyclic) bond motifs is 10. The molecule has 10 rings (SSSR count). The lowest BCUT2D eigenvalue weighted by atomic mass is 9.86. The topological polar surface area (TPSA) is 60.2 Å². The number of nitrogens with zero attached hydrogens (tertiary/aromatic N) is 2. The molecule has 230 valence electrons. The van der Waals surface area contributed by atoms with Crippen molar-refractivity contribution in [1.29, 1.82) is 0 Å². The predicted molar refractivity (Wildman–Crippen MR) is 202 cm³/mol. The second-order valence-corrected chi connectivity index (χ2v) is 13.2. The monoisotopic (exact) mass is 618 g/mol. The summed E-state index contributed by atoms with van der Waals surface area (Å²) in [4.78, 5) is 2.59. The first-order valence-corrected chi connectivity index (χ1v) is 16.8. The highest BCUT2D eigenvalue weighted by Gasteiger charge is 2.42. The van der Waals surface area contributed by atoms with E-state index in [9.17, 15) is 0 Å². The minimum absolute atomic E-state index is 0.111. The van der Waals surface area contributed by atoms with E-state index in [1.54, 1.807) is 0 Å². The van der Waals surface area contributed by atoms with Gasteiger partial charge in [0.15, 0.2) is 0 Å². The standard InChI is InChI=1S/C44H34N4/c45-37-24-34(27-13-3-1-4-14-27)40(25-38(37)46)48-39-22-12-11-19-31(39)35-23-36-42(26-41(35)48)47(28-15-5-2-6-16-28)44-33-21-10-8-18-30(33)29-17-7-9-20-32(29)43(36)44/h1-11,13-21,23-25,41H,12,22,26,45-46H2. The average Bonchev–Trinajstić information content (AvgIpc) is 3.65. The zero-order chi connectivity index (χ0) is 31.9. The molecule has 3 aliphatic rings. The molecule has 1 unspecified atom stereocenters. The second kappa shape index (κ2) is 10.2. The van der Waals surface area contributed by atoms with Crippen molar-refractivity contribution in [3.63, 3.8) is 0 Å². The smallest absolute Gasteiger partial charge is 0.0650 e. The van der Waals surface area contributed by atoms with Crippen LogP contribution in [0.2, 0.25) is 0 Å². The lowest BCUT2D eigenvalue weighted by molar-refractivity contribution is 0.706. The van der Waals surface area contributed by atoms with E-state index in [-0.39, 0.29) is 6.04 Å². The summed E-state index contributed by atoms with van der Waals surface area (Å²) in [7, 11) is 0. The van der Waals surface area contributed by atoms with Crippen molar-refractivity contribution >= 4 is 55.6 Å². The van der Waals surface area contributed by atoms with E-state index in [0.29, 0.717) is 11.4 Å². The molecule has 1 aromatic heterocycles. The molecule has 4 N–H and O–H groups in total. The summed E-state index contributed by atoms with van der Waals surface area (Å²) in [6.45, 7) is 0. The van der Waals surface area contributed by atoms with Gasteiger partial charge in [0.05, 0.1) is 28.6 Å². The van der Waals surface area contributed by atoms with E-state index >= 15 is 0 Å². The van der Waals surface area contributed by atoms with Crippen molar-refractivity contribution < 1.29 is 0 Å². The van der Waals surface area contributed by atoms with Gasteiger partial charge in [0.25, 0.3) is 0 Å². The average molecular weight is 619 g/mol. The van der Waals surface area contributed by atoms with Crippen LogP contribution in [-0.2, 0) is 6.42 Å². The number of hydrogen-bond acceptors (Lipinski definition) is 3. The van der Waals surface area contributed by atoms with Crippen LogP contribution in [0.15, 0.2) is 150 Å². The lowest BCUT2D eigenvalue weighted by Gasteiger charge is -2.34. The molecule has 4 heteroatoms. The molecule has 1 aliphatic heterocycles. The summed E-state index contributed by atoms with van der Waals surface area (Å²) in [5, 5.41) is 6.49. The van der Waals surface area contributed by atoms with Gasteiger partial charge in [0.2, 0.25) is 0 Å². The fraction of sp³-hybridized carbons (Fsp3) is 0.0909. The number of para-hydroxylation sites is 1. The van der Waals surface area contributed by atoms with Crippen LogP contribution in [0.3, 0.4) is 0 Å². The lowest BCUT2D eigenvalue weighted by Crippen LogP contribution is -2.35. The number of hydrogen-bond donors (Lipinski definition) is 2. The van der Waals surface area contributed by atoms with Gasteiger partial charge in [-0.05, 0) is 76.1 Å². The fourth-order valence-corrected chi connectivity index (χ4v) is 8.61. The first-order valence-electron chi connectivity index (χ1n) is 16.8. The summed E-state index contributed by atoms with van der Waals surface area (Å²) < 4.78 is 2.55. The van der Waals surface area contributed by atoms with Gasteiger partial charge in [0.1, 0.15) is 0 Å². The molecule has 7 aromatic rings. The number of rotatable bonds is 3. The molecule has 0 fully saturated rings. The van der Waals surface area contributed by atoms with Crippen LogP contribution in [0, 0.1) is 0 Å². The van der Waals surface area contributed by atoms with Crippen LogP contribution < -0.4 is 16.4 Å². The van der Waals surface area contributed by atoms with Crippen molar-refractivity contribution in [2.75, 3.05) is 16.4 Å². The van der Waals surface area contributed by atoms with E-state index in [0.717, 1.165) is 36.1 Å². The third-order valence-corrected chi connectivity index (χ3v) is 10.6.